The zero-order valence-electron chi connectivity index (χ0n) is 6.97. The van der Waals surface area contributed by atoms with Crippen LogP contribution in [0, 0.1) is 0 Å². The lowest BCUT2D eigenvalue weighted by Gasteiger charge is -2.36. The summed E-state index contributed by atoms with van der Waals surface area (Å²) >= 11 is 0. The molecule has 2 fully saturated rings. The van der Waals surface area contributed by atoms with Crippen molar-refractivity contribution in [2.24, 2.45) is 0 Å². The number of carboxylic acids is 1. The summed E-state index contributed by atoms with van der Waals surface area (Å²) in [7, 11) is 0. The minimum Gasteiger partial charge on any atom is -0.480 e. The van der Waals surface area contributed by atoms with Crippen LogP contribution in [0.15, 0.2) is 0 Å². The summed E-state index contributed by atoms with van der Waals surface area (Å²) in [5.41, 5.74) is -0.655. The minimum absolute atomic E-state index is 0.142. The van der Waals surface area contributed by atoms with Gasteiger partial charge < -0.3 is 15.7 Å². The molecule has 0 amide bonds. The van der Waals surface area contributed by atoms with Gasteiger partial charge in [-0.2, -0.15) is 0 Å². The van der Waals surface area contributed by atoms with E-state index < -0.39 is 11.5 Å². The monoisotopic (exact) mass is 170 g/mol. The highest BCUT2D eigenvalue weighted by Crippen LogP contribution is 2.28. The Morgan fingerprint density at radius 1 is 1.50 bits per heavy atom. The maximum absolute atomic E-state index is 11.1. The Kier molecular flexibility index (Phi) is 1.81. The molecule has 0 aromatic carbocycles. The van der Waals surface area contributed by atoms with Gasteiger partial charge in [-0.25, -0.2) is 0 Å². The second-order valence-corrected chi connectivity index (χ2v) is 3.60. The molecular weight excluding hydrogens is 156 g/mol. The largest absolute Gasteiger partial charge is 0.480 e. The normalized spacial score (nSPS) is 40.8. The van der Waals surface area contributed by atoms with Crippen LogP contribution in [0.4, 0.5) is 0 Å². The number of carbonyl (C=O) groups is 1. The average molecular weight is 170 g/mol. The van der Waals surface area contributed by atoms with E-state index in [0.717, 1.165) is 25.9 Å². The van der Waals surface area contributed by atoms with Crippen LogP contribution in [0.1, 0.15) is 19.3 Å². The third-order valence-electron chi connectivity index (χ3n) is 3.00. The first kappa shape index (κ1) is 8.01. The van der Waals surface area contributed by atoms with E-state index in [1.165, 1.54) is 0 Å². The Labute approximate surface area is 71.3 Å². The molecule has 0 radical (unpaired) electrons. The highest BCUT2D eigenvalue weighted by atomic mass is 16.4. The number of fused-ring (bicyclic) bond motifs is 1. The third kappa shape index (κ3) is 0.949. The summed E-state index contributed by atoms with van der Waals surface area (Å²) in [5, 5.41) is 15.5. The van der Waals surface area contributed by atoms with Crippen LogP contribution >= 0.6 is 0 Å². The average Bonchev–Trinajstić information content (AvgIpc) is 2.48. The summed E-state index contributed by atoms with van der Waals surface area (Å²) in [4.78, 5) is 11.1. The molecule has 68 valence electrons. The molecule has 0 aromatic heterocycles. The van der Waals surface area contributed by atoms with Crippen molar-refractivity contribution in [2.75, 3.05) is 13.1 Å². The molecule has 2 unspecified atom stereocenters. The van der Waals surface area contributed by atoms with Gasteiger partial charge in [0.2, 0.25) is 0 Å². The number of aliphatic carboxylic acids is 1. The van der Waals surface area contributed by atoms with Crippen molar-refractivity contribution in [1.29, 1.82) is 0 Å². The van der Waals surface area contributed by atoms with Crippen molar-refractivity contribution in [3.63, 3.8) is 0 Å². The Morgan fingerprint density at radius 2 is 2.33 bits per heavy atom. The van der Waals surface area contributed by atoms with Crippen molar-refractivity contribution < 1.29 is 9.90 Å². The standard InChI is InChI=1S/C8H14N2O2/c11-7(12)8-3-5-9-6(8)2-1-4-10-8/h6,9-10H,1-5H2,(H,11,12). The topological polar surface area (TPSA) is 61.4 Å². The second kappa shape index (κ2) is 2.71. The Morgan fingerprint density at radius 3 is 3.00 bits per heavy atom. The molecular formula is C8H14N2O2. The van der Waals surface area contributed by atoms with E-state index >= 15 is 0 Å². The smallest absolute Gasteiger partial charge is 0.325 e. The summed E-state index contributed by atoms with van der Waals surface area (Å²) in [5.74, 6) is -0.697. The summed E-state index contributed by atoms with van der Waals surface area (Å²) in [6, 6.07) is 0.142. The van der Waals surface area contributed by atoms with Crippen molar-refractivity contribution >= 4 is 5.97 Å². The molecule has 2 aliphatic heterocycles. The van der Waals surface area contributed by atoms with Crippen molar-refractivity contribution in [3.05, 3.63) is 0 Å². The molecule has 2 heterocycles. The van der Waals surface area contributed by atoms with Gasteiger partial charge in [-0.1, -0.05) is 0 Å². The number of piperidine rings is 1. The Balaban J connectivity index is 2.23. The number of nitrogens with one attached hydrogen (secondary N) is 2. The van der Waals surface area contributed by atoms with Crippen LogP contribution in [0.2, 0.25) is 0 Å². The maximum Gasteiger partial charge on any atom is 0.325 e. The highest BCUT2D eigenvalue weighted by molar-refractivity contribution is 5.80. The van der Waals surface area contributed by atoms with Gasteiger partial charge in [0, 0.05) is 6.04 Å². The molecule has 0 aliphatic carbocycles. The van der Waals surface area contributed by atoms with E-state index in [-0.39, 0.29) is 6.04 Å². The Hall–Kier alpha value is -0.610. The van der Waals surface area contributed by atoms with Gasteiger partial charge in [0.25, 0.3) is 0 Å². The number of hydrogen-bond donors (Lipinski definition) is 3. The summed E-state index contributed by atoms with van der Waals surface area (Å²) < 4.78 is 0. The highest BCUT2D eigenvalue weighted by Gasteiger charge is 2.50. The van der Waals surface area contributed by atoms with E-state index in [1.807, 2.05) is 0 Å². The zero-order valence-corrected chi connectivity index (χ0v) is 6.97. The van der Waals surface area contributed by atoms with Crippen molar-refractivity contribution in [1.82, 2.24) is 10.6 Å². The van der Waals surface area contributed by atoms with Gasteiger partial charge in [0.1, 0.15) is 5.54 Å². The number of rotatable bonds is 1. The van der Waals surface area contributed by atoms with E-state index in [9.17, 15) is 4.79 Å². The van der Waals surface area contributed by atoms with Gasteiger partial charge in [-0.3, -0.25) is 4.79 Å². The molecule has 0 aromatic rings. The molecule has 2 atom stereocenters. The summed E-state index contributed by atoms with van der Waals surface area (Å²) in [6.07, 6.45) is 2.78. The minimum atomic E-state index is -0.697. The van der Waals surface area contributed by atoms with Crippen molar-refractivity contribution in [3.8, 4) is 0 Å². The Bertz CT molecular complexity index is 207. The number of carboxylic acid groups (broad SMARTS) is 1. The molecule has 0 bridgehead atoms. The first-order chi connectivity index (χ1) is 5.76. The van der Waals surface area contributed by atoms with E-state index in [2.05, 4.69) is 10.6 Å². The predicted molar refractivity (Wildman–Crippen MR) is 44.0 cm³/mol. The van der Waals surface area contributed by atoms with Crippen LogP contribution < -0.4 is 10.6 Å². The van der Waals surface area contributed by atoms with Gasteiger partial charge in [0.15, 0.2) is 0 Å². The quantitative estimate of drug-likeness (QED) is 0.499. The van der Waals surface area contributed by atoms with Gasteiger partial charge in [-0.05, 0) is 32.4 Å². The maximum atomic E-state index is 11.1. The molecule has 2 rings (SSSR count). The number of hydrogen-bond acceptors (Lipinski definition) is 3. The fraction of sp³-hybridized carbons (Fsp3) is 0.875. The fourth-order valence-corrected chi connectivity index (χ4v) is 2.30. The second-order valence-electron chi connectivity index (χ2n) is 3.60. The molecule has 2 aliphatic rings. The van der Waals surface area contributed by atoms with Gasteiger partial charge >= 0.3 is 5.97 Å². The molecule has 3 N–H and O–H groups in total. The van der Waals surface area contributed by atoms with Crippen LogP contribution in [0.3, 0.4) is 0 Å². The van der Waals surface area contributed by atoms with E-state index in [0.29, 0.717) is 6.42 Å². The lowest BCUT2D eigenvalue weighted by Crippen LogP contribution is -2.62. The van der Waals surface area contributed by atoms with Gasteiger partial charge in [-0.15, -0.1) is 0 Å². The van der Waals surface area contributed by atoms with Crippen LogP contribution in [-0.4, -0.2) is 35.7 Å². The van der Waals surface area contributed by atoms with Gasteiger partial charge in [0.05, 0.1) is 0 Å². The van der Waals surface area contributed by atoms with Crippen LogP contribution in [0.5, 0.6) is 0 Å². The lowest BCUT2D eigenvalue weighted by molar-refractivity contribution is -0.146. The zero-order chi connectivity index (χ0) is 8.60. The molecule has 2 saturated heterocycles. The van der Waals surface area contributed by atoms with Crippen LogP contribution in [0.25, 0.3) is 0 Å². The summed E-state index contributed by atoms with van der Waals surface area (Å²) in [6.45, 7) is 1.66. The predicted octanol–water partition coefficient (Wildman–Crippen LogP) is -0.445. The molecule has 4 heteroatoms. The molecule has 12 heavy (non-hydrogen) atoms. The molecule has 0 spiro atoms. The molecule has 4 nitrogen and oxygen atoms in total. The molecule has 0 saturated carbocycles. The first-order valence-corrected chi connectivity index (χ1v) is 4.47. The first-order valence-electron chi connectivity index (χ1n) is 4.47. The lowest BCUT2D eigenvalue weighted by atomic mass is 9.84. The van der Waals surface area contributed by atoms with E-state index in [4.69, 9.17) is 5.11 Å². The third-order valence-corrected chi connectivity index (χ3v) is 3.00. The van der Waals surface area contributed by atoms with Crippen LogP contribution in [-0.2, 0) is 4.79 Å². The fourth-order valence-electron chi connectivity index (χ4n) is 2.30. The SMILES string of the molecule is O=C(O)C12CCNC1CCCN2. The van der Waals surface area contributed by atoms with E-state index in [1.54, 1.807) is 0 Å². The van der Waals surface area contributed by atoms with Crippen molar-refractivity contribution in [2.45, 2.75) is 30.8 Å².